The van der Waals surface area contributed by atoms with Gasteiger partial charge in [0.15, 0.2) is 6.10 Å². The van der Waals surface area contributed by atoms with Crippen LogP contribution in [-0.4, -0.2) is 22.7 Å². The van der Waals surface area contributed by atoms with Crippen LogP contribution in [0.5, 0.6) is 5.75 Å². The lowest BCUT2D eigenvalue weighted by Crippen LogP contribution is -2.34. The summed E-state index contributed by atoms with van der Waals surface area (Å²) in [4.78, 5) is 11.5. The van der Waals surface area contributed by atoms with Gasteiger partial charge in [-0.2, -0.15) is 0 Å². The van der Waals surface area contributed by atoms with Crippen LogP contribution < -0.4 is 10.1 Å². The van der Waals surface area contributed by atoms with Crippen molar-refractivity contribution < 1.29 is 14.6 Å². The van der Waals surface area contributed by atoms with E-state index in [2.05, 4.69) is 5.32 Å². The minimum absolute atomic E-state index is 0.141. The third-order valence-electron chi connectivity index (χ3n) is 2.61. The number of hydrogen-bond donors (Lipinski definition) is 2. The van der Waals surface area contributed by atoms with Crippen LogP contribution in [0.3, 0.4) is 0 Å². The van der Waals surface area contributed by atoms with Crippen molar-refractivity contribution in [2.45, 2.75) is 38.9 Å². The first-order valence-corrected chi connectivity index (χ1v) is 5.68. The topological polar surface area (TPSA) is 58.6 Å². The van der Waals surface area contributed by atoms with Crippen molar-refractivity contribution in [1.82, 2.24) is 0 Å². The minimum atomic E-state index is -0.763. The molecule has 1 aliphatic heterocycles. The van der Waals surface area contributed by atoms with Gasteiger partial charge in [-0.1, -0.05) is 6.07 Å². The van der Waals surface area contributed by atoms with Gasteiger partial charge in [-0.25, -0.2) is 0 Å². The Labute approximate surface area is 101 Å². The zero-order valence-electron chi connectivity index (χ0n) is 10.3. The Balaban J connectivity index is 2.26. The minimum Gasteiger partial charge on any atom is -0.479 e. The molecule has 1 unspecified atom stereocenters. The zero-order chi connectivity index (χ0) is 12.6. The van der Waals surface area contributed by atoms with Crippen LogP contribution in [0.4, 0.5) is 5.69 Å². The Kier molecular flexibility index (Phi) is 2.83. The smallest absolute Gasteiger partial charge is 0.265 e. The predicted octanol–water partition coefficient (Wildman–Crippen LogP) is 1.72. The monoisotopic (exact) mass is 235 g/mol. The van der Waals surface area contributed by atoms with Crippen LogP contribution in [0.2, 0.25) is 0 Å². The molecule has 0 saturated heterocycles. The van der Waals surface area contributed by atoms with Crippen molar-refractivity contribution in [2.24, 2.45) is 0 Å². The summed E-state index contributed by atoms with van der Waals surface area (Å²) in [5.74, 6) is 0.537. The Hall–Kier alpha value is -1.55. The lowest BCUT2D eigenvalue weighted by atomic mass is 9.98. The molecule has 0 aliphatic carbocycles. The van der Waals surface area contributed by atoms with Crippen molar-refractivity contribution >= 4 is 11.6 Å². The standard InChI is InChI=1S/C13H17NO3/c1-8-12(15)14-10-6-9(7-13(2,3)16)4-5-11(10)17-8/h4-6,8,16H,7H2,1-3H3,(H,14,15). The highest BCUT2D eigenvalue weighted by Gasteiger charge is 2.24. The highest BCUT2D eigenvalue weighted by molar-refractivity contribution is 5.97. The molecule has 2 N–H and O–H groups in total. The van der Waals surface area contributed by atoms with Gasteiger partial charge >= 0.3 is 0 Å². The molecule has 1 atom stereocenters. The normalized spacial score (nSPS) is 19.3. The third-order valence-corrected chi connectivity index (χ3v) is 2.61. The number of carbonyl (C=O) groups is 1. The van der Waals surface area contributed by atoms with Crippen molar-refractivity contribution in [2.75, 3.05) is 5.32 Å². The molecule has 1 aromatic rings. The summed E-state index contributed by atoms with van der Waals surface area (Å²) in [5.41, 5.74) is 0.880. The molecule has 0 spiro atoms. The fraction of sp³-hybridized carbons (Fsp3) is 0.462. The number of aliphatic hydroxyl groups is 1. The van der Waals surface area contributed by atoms with Crippen LogP contribution >= 0.6 is 0 Å². The molecule has 4 heteroatoms. The van der Waals surface area contributed by atoms with Gasteiger partial charge in [0.25, 0.3) is 5.91 Å². The highest BCUT2D eigenvalue weighted by atomic mass is 16.5. The number of carbonyl (C=O) groups excluding carboxylic acids is 1. The van der Waals surface area contributed by atoms with Crippen LogP contribution in [0, 0.1) is 0 Å². The van der Waals surface area contributed by atoms with Gasteiger partial charge in [0.1, 0.15) is 5.75 Å². The maximum atomic E-state index is 11.5. The van der Waals surface area contributed by atoms with E-state index in [4.69, 9.17) is 4.74 Å². The van der Waals surface area contributed by atoms with E-state index >= 15 is 0 Å². The molecule has 0 aromatic heterocycles. The summed E-state index contributed by atoms with van der Waals surface area (Å²) in [7, 11) is 0. The van der Waals surface area contributed by atoms with Crippen LogP contribution in [0.25, 0.3) is 0 Å². The predicted molar refractivity (Wildman–Crippen MR) is 65.2 cm³/mol. The second kappa shape index (κ2) is 4.04. The molecule has 92 valence electrons. The number of fused-ring (bicyclic) bond motifs is 1. The number of hydrogen-bond acceptors (Lipinski definition) is 3. The van der Waals surface area contributed by atoms with Crippen LogP contribution in [0.15, 0.2) is 18.2 Å². The summed E-state index contributed by atoms with van der Waals surface area (Å²) in [6.07, 6.45) is 0.0775. The van der Waals surface area contributed by atoms with Gasteiger partial charge in [-0.15, -0.1) is 0 Å². The quantitative estimate of drug-likeness (QED) is 0.820. The molecule has 0 saturated carbocycles. The third kappa shape index (κ3) is 2.77. The van der Waals surface area contributed by atoms with E-state index in [1.54, 1.807) is 20.8 Å². The van der Waals surface area contributed by atoms with Gasteiger partial charge in [0.05, 0.1) is 11.3 Å². The number of nitrogens with one attached hydrogen (secondary N) is 1. The van der Waals surface area contributed by atoms with Gasteiger partial charge in [0, 0.05) is 6.42 Å². The Morgan fingerprint density at radius 2 is 2.18 bits per heavy atom. The molecular weight excluding hydrogens is 218 g/mol. The largest absolute Gasteiger partial charge is 0.479 e. The molecular formula is C13H17NO3. The summed E-state index contributed by atoms with van der Waals surface area (Å²) < 4.78 is 5.45. The van der Waals surface area contributed by atoms with E-state index in [1.807, 2.05) is 18.2 Å². The molecule has 0 bridgehead atoms. The molecule has 1 aromatic carbocycles. The van der Waals surface area contributed by atoms with E-state index in [9.17, 15) is 9.90 Å². The second-order valence-electron chi connectivity index (χ2n) is 5.07. The maximum absolute atomic E-state index is 11.5. The molecule has 0 radical (unpaired) electrons. The number of benzene rings is 1. The van der Waals surface area contributed by atoms with E-state index in [1.165, 1.54) is 0 Å². The van der Waals surface area contributed by atoms with Gasteiger partial charge < -0.3 is 15.2 Å². The van der Waals surface area contributed by atoms with Crippen LogP contribution in [0.1, 0.15) is 26.3 Å². The molecule has 0 fully saturated rings. The molecule has 4 nitrogen and oxygen atoms in total. The maximum Gasteiger partial charge on any atom is 0.265 e. The summed E-state index contributed by atoms with van der Waals surface area (Å²) in [6.45, 7) is 5.22. The van der Waals surface area contributed by atoms with E-state index < -0.39 is 11.7 Å². The fourth-order valence-electron chi connectivity index (χ4n) is 1.87. The summed E-state index contributed by atoms with van der Waals surface area (Å²) in [5, 5.41) is 12.5. The molecule has 2 rings (SSSR count). The van der Waals surface area contributed by atoms with E-state index in [0.29, 0.717) is 17.9 Å². The lowest BCUT2D eigenvalue weighted by molar-refractivity contribution is -0.122. The summed E-state index contributed by atoms with van der Waals surface area (Å²) in [6, 6.07) is 5.57. The molecule has 17 heavy (non-hydrogen) atoms. The first-order valence-electron chi connectivity index (χ1n) is 5.68. The van der Waals surface area contributed by atoms with Gasteiger partial charge in [0.2, 0.25) is 0 Å². The Bertz CT molecular complexity index is 448. The zero-order valence-corrected chi connectivity index (χ0v) is 10.3. The molecule has 1 heterocycles. The Morgan fingerprint density at radius 1 is 1.47 bits per heavy atom. The van der Waals surface area contributed by atoms with E-state index in [-0.39, 0.29) is 5.91 Å². The first-order chi connectivity index (χ1) is 7.85. The first kappa shape index (κ1) is 11.9. The second-order valence-corrected chi connectivity index (χ2v) is 5.07. The fourth-order valence-corrected chi connectivity index (χ4v) is 1.87. The lowest BCUT2D eigenvalue weighted by Gasteiger charge is -2.24. The Morgan fingerprint density at radius 3 is 2.82 bits per heavy atom. The van der Waals surface area contributed by atoms with Crippen molar-refractivity contribution in [3.05, 3.63) is 23.8 Å². The van der Waals surface area contributed by atoms with Crippen LogP contribution in [-0.2, 0) is 11.2 Å². The highest BCUT2D eigenvalue weighted by Crippen LogP contribution is 2.31. The SMILES string of the molecule is CC1Oc2ccc(CC(C)(C)O)cc2NC1=O. The average Bonchev–Trinajstić information content (AvgIpc) is 2.18. The average molecular weight is 235 g/mol. The summed E-state index contributed by atoms with van der Waals surface area (Å²) >= 11 is 0. The van der Waals surface area contributed by atoms with Crippen molar-refractivity contribution in [3.8, 4) is 5.75 Å². The van der Waals surface area contributed by atoms with Crippen molar-refractivity contribution in [1.29, 1.82) is 0 Å². The molecule has 1 aliphatic rings. The number of amides is 1. The molecule has 1 amide bonds. The van der Waals surface area contributed by atoms with Gasteiger partial charge in [-0.05, 0) is 38.5 Å². The number of ether oxygens (including phenoxy) is 1. The van der Waals surface area contributed by atoms with Crippen molar-refractivity contribution in [3.63, 3.8) is 0 Å². The van der Waals surface area contributed by atoms with E-state index in [0.717, 1.165) is 5.56 Å². The van der Waals surface area contributed by atoms with Gasteiger partial charge in [-0.3, -0.25) is 4.79 Å². The number of rotatable bonds is 2. The number of anilines is 1.